The fourth-order valence-electron chi connectivity index (χ4n) is 2.60. The molecule has 23 heavy (non-hydrogen) atoms. The molecule has 2 atom stereocenters. The first-order chi connectivity index (χ1) is 10.8. The van der Waals surface area contributed by atoms with Crippen molar-refractivity contribution in [2.24, 2.45) is 10.7 Å². The molecule has 2 aliphatic rings. The molecule has 3 heterocycles. The lowest BCUT2D eigenvalue weighted by atomic mass is 10.2. The molecule has 0 aliphatic carbocycles. The van der Waals surface area contributed by atoms with Crippen molar-refractivity contribution in [3.63, 3.8) is 0 Å². The van der Waals surface area contributed by atoms with Crippen LogP contribution < -0.4 is 5.73 Å². The van der Waals surface area contributed by atoms with Crippen LogP contribution >= 0.6 is 24.0 Å². The Labute approximate surface area is 152 Å². The number of nitrogens with two attached hydrogens (primary N) is 1. The Morgan fingerprint density at radius 3 is 2.91 bits per heavy atom. The van der Waals surface area contributed by atoms with E-state index in [0.717, 1.165) is 18.8 Å². The highest BCUT2D eigenvalue weighted by Crippen LogP contribution is 2.21. The minimum Gasteiger partial charge on any atom is -0.378 e. The van der Waals surface area contributed by atoms with E-state index in [2.05, 4.69) is 15.3 Å². The molecule has 0 bridgehead atoms. The van der Waals surface area contributed by atoms with Crippen LogP contribution in [-0.2, 0) is 20.8 Å². The quantitative estimate of drug-likeness (QED) is 0.389. The zero-order valence-corrected chi connectivity index (χ0v) is 15.5. The maximum atomic E-state index is 5.99. The van der Waals surface area contributed by atoms with Crippen molar-refractivity contribution in [2.75, 3.05) is 46.6 Å². The average molecular weight is 438 g/mol. The van der Waals surface area contributed by atoms with Crippen LogP contribution in [0.5, 0.6) is 0 Å². The summed E-state index contributed by atoms with van der Waals surface area (Å²) >= 11 is 0. The van der Waals surface area contributed by atoms with E-state index in [1.807, 2.05) is 11.1 Å². The molecule has 0 aromatic carbocycles. The number of morpholine rings is 1. The summed E-state index contributed by atoms with van der Waals surface area (Å²) in [7, 11) is 1.68. The average Bonchev–Trinajstić information content (AvgIpc) is 3.21. The number of guanidine groups is 1. The smallest absolute Gasteiger partial charge is 0.191 e. The summed E-state index contributed by atoms with van der Waals surface area (Å²) in [6, 6.07) is 0.0619. The van der Waals surface area contributed by atoms with Gasteiger partial charge in [-0.25, -0.2) is 9.67 Å². The standard InChI is InChI=1S/C13H22N6O3.HI/c1-20-12-9-22-8-11(12)19-7-10(16-17-19)6-15-13(14)18-2-4-21-5-3-18;/h7,11-12H,2-6,8-9H2,1H3,(H2,14,15);1H/t11-,12-;/m1./s1. The first-order valence-electron chi connectivity index (χ1n) is 7.42. The molecule has 0 unspecified atom stereocenters. The zero-order chi connectivity index (χ0) is 15.4. The van der Waals surface area contributed by atoms with Crippen LogP contribution in [0.25, 0.3) is 0 Å². The second-order valence-electron chi connectivity index (χ2n) is 5.34. The summed E-state index contributed by atoms with van der Waals surface area (Å²) in [5.41, 5.74) is 6.77. The predicted molar refractivity (Wildman–Crippen MR) is 93.8 cm³/mol. The summed E-state index contributed by atoms with van der Waals surface area (Å²) in [4.78, 5) is 6.40. The Bertz CT molecular complexity index is 520. The summed E-state index contributed by atoms with van der Waals surface area (Å²) in [6.07, 6.45) is 1.89. The van der Waals surface area contributed by atoms with Crippen LogP contribution in [0.15, 0.2) is 11.2 Å². The number of aliphatic imine (C=N–C) groups is 1. The minimum atomic E-state index is 0. The van der Waals surface area contributed by atoms with Crippen LogP contribution in [0, 0.1) is 0 Å². The molecule has 9 nitrogen and oxygen atoms in total. The van der Waals surface area contributed by atoms with E-state index in [1.165, 1.54) is 0 Å². The Kier molecular flexibility index (Phi) is 6.99. The molecule has 3 rings (SSSR count). The fourth-order valence-corrected chi connectivity index (χ4v) is 2.60. The van der Waals surface area contributed by atoms with Gasteiger partial charge < -0.3 is 24.8 Å². The van der Waals surface area contributed by atoms with Gasteiger partial charge in [0.25, 0.3) is 0 Å². The lowest BCUT2D eigenvalue weighted by Crippen LogP contribution is -2.44. The topological polar surface area (TPSA) is 100 Å². The van der Waals surface area contributed by atoms with Gasteiger partial charge in [-0.2, -0.15) is 0 Å². The van der Waals surface area contributed by atoms with Crippen LogP contribution in [0.2, 0.25) is 0 Å². The Hall–Kier alpha value is -0.980. The predicted octanol–water partition coefficient (Wildman–Crippen LogP) is -0.371. The number of aromatic nitrogens is 3. The second kappa shape index (κ2) is 8.76. The van der Waals surface area contributed by atoms with Crippen LogP contribution in [0.4, 0.5) is 0 Å². The number of ether oxygens (including phenoxy) is 3. The molecule has 0 radical (unpaired) electrons. The van der Waals surface area contributed by atoms with Gasteiger partial charge in [-0.05, 0) is 0 Å². The van der Waals surface area contributed by atoms with Gasteiger partial charge in [0.15, 0.2) is 5.96 Å². The molecule has 0 spiro atoms. The molecule has 2 fully saturated rings. The monoisotopic (exact) mass is 438 g/mol. The molecular weight excluding hydrogens is 415 g/mol. The van der Waals surface area contributed by atoms with Gasteiger partial charge in [0, 0.05) is 20.2 Å². The number of nitrogens with zero attached hydrogens (tertiary/aromatic N) is 5. The molecule has 0 saturated carbocycles. The van der Waals surface area contributed by atoms with Gasteiger partial charge in [0.05, 0.1) is 39.2 Å². The van der Waals surface area contributed by atoms with Crippen molar-refractivity contribution >= 4 is 29.9 Å². The fraction of sp³-hybridized carbons (Fsp3) is 0.769. The third-order valence-electron chi connectivity index (χ3n) is 3.94. The van der Waals surface area contributed by atoms with Gasteiger partial charge in [-0.3, -0.25) is 0 Å². The summed E-state index contributed by atoms with van der Waals surface area (Å²) < 4.78 is 17.9. The number of rotatable bonds is 4. The minimum absolute atomic E-state index is 0. The van der Waals surface area contributed by atoms with E-state index in [1.54, 1.807) is 11.8 Å². The Balaban J connectivity index is 0.00000192. The highest BCUT2D eigenvalue weighted by atomic mass is 127. The Morgan fingerprint density at radius 1 is 1.39 bits per heavy atom. The maximum absolute atomic E-state index is 5.99. The van der Waals surface area contributed by atoms with Crippen molar-refractivity contribution in [1.29, 1.82) is 0 Å². The molecule has 0 amide bonds. The number of methoxy groups -OCH3 is 1. The lowest BCUT2D eigenvalue weighted by molar-refractivity contribution is 0.0661. The van der Waals surface area contributed by atoms with E-state index in [4.69, 9.17) is 19.9 Å². The number of hydrogen-bond acceptors (Lipinski definition) is 6. The van der Waals surface area contributed by atoms with Gasteiger partial charge in [-0.1, -0.05) is 5.21 Å². The SMILES string of the molecule is CO[C@@H]1COC[C@H]1n1cc(CN=C(N)N2CCOCC2)nn1.I. The first-order valence-corrected chi connectivity index (χ1v) is 7.42. The van der Waals surface area contributed by atoms with Crippen LogP contribution in [0.1, 0.15) is 11.7 Å². The lowest BCUT2D eigenvalue weighted by Gasteiger charge is -2.27. The zero-order valence-electron chi connectivity index (χ0n) is 13.1. The Morgan fingerprint density at radius 2 is 2.17 bits per heavy atom. The van der Waals surface area contributed by atoms with Crippen molar-refractivity contribution in [3.8, 4) is 0 Å². The third-order valence-corrected chi connectivity index (χ3v) is 3.94. The molecule has 130 valence electrons. The van der Waals surface area contributed by atoms with E-state index < -0.39 is 0 Å². The first kappa shape index (κ1) is 18.4. The molecule has 1 aromatic rings. The molecule has 2 aliphatic heterocycles. The molecular formula is C13H23IN6O3. The largest absolute Gasteiger partial charge is 0.378 e. The third kappa shape index (κ3) is 4.52. The second-order valence-corrected chi connectivity index (χ2v) is 5.34. The van der Waals surface area contributed by atoms with Crippen LogP contribution in [-0.4, -0.2) is 78.6 Å². The van der Waals surface area contributed by atoms with E-state index >= 15 is 0 Å². The van der Waals surface area contributed by atoms with Gasteiger partial charge in [0.1, 0.15) is 17.8 Å². The van der Waals surface area contributed by atoms with Crippen molar-refractivity contribution in [3.05, 3.63) is 11.9 Å². The number of hydrogen-bond donors (Lipinski definition) is 1. The van der Waals surface area contributed by atoms with Crippen LogP contribution in [0.3, 0.4) is 0 Å². The molecule has 2 saturated heterocycles. The molecule has 1 aromatic heterocycles. The van der Waals surface area contributed by atoms with E-state index in [9.17, 15) is 0 Å². The normalized spacial score (nSPS) is 25.4. The van der Waals surface area contributed by atoms with Crippen molar-refractivity contribution in [2.45, 2.75) is 18.7 Å². The number of halogens is 1. The van der Waals surface area contributed by atoms with Gasteiger partial charge >= 0.3 is 0 Å². The summed E-state index contributed by atoms with van der Waals surface area (Å²) in [5.74, 6) is 0.525. The summed E-state index contributed by atoms with van der Waals surface area (Å²) in [6.45, 7) is 4.50. The maximum Gasteiger partial charge on any atom is 0.191 e. The highest BCUT2D eigenvalue weighted by Gasteiger charge is 2.30. The summed E-state index contributed by atoms with van der Waals surface area (Å²) in [5, 5.41) is 8.29. The molecule has 10 heteroatoms. The van der Waals surface area contributed by atoms with Crippen molar-refractivity contribution < 1.29 is 14.2 Å². The van der Waals surface area contributed by atoms with E-state index in [0.29, 0.717) is 38.9 Å². The van der Waals surface area contributed by atoms with Crippen molar-refractivity contribution in [1.82, 2.24) is 19.9 Å². The highest BCUT2D eigenvalue weighted by molar-refractivity contribution is 14.0. The van der Waals surface area contributed by atoms with E-state index in [-0.39, 0.29) is 36.1 Å². The van der Waals surface area contributed by atoms with Gasteiger partial charge in [-0.15, -0.1) is 29.1 Å². The molecule has 2 N–H and O–H groups in total. The van der Waals surface area contributed by atoms with Gasteiger partial charge in [0.2, 0.25) is 0 Å².